The van der Waals surface area contributed by atoms with Crippen LogP contribution in [0.1, 0.15) is 31.1 Å². The summed E-state index contributed by atoms with van der Waals surface area (Å²) in [7, 11) is -3.14. The number of hydrogen-bond acceptors (Lipinski definition) is 4. The van der Waals surface area contributed by atoms with Crippen molar-refractivity contribution in [3.63, 3.8) is 0 Å². The second-order valence-corrected chi connectivity index (χ2v) is 6.34. The van der Waals surface area contributed by atoms with E-state index in [0.717, 1.165) is 11.1 Å². The van der Waals surface area contributed by atoms with Crippen LogP contribution in [0.5, 0.6) is 0 Å². The van der Waals surface area contributed by atoms with E-state index in [1.807, 2.05) is 31.2 Å². The topological polar surface area (TPSA) is 48.1 Å². The lowest BCUT2D eigenvalue weighted by molar-refractivity contribution is 0.208. The first-order valence-electron chi connectivity index (χ1n) is 6.21. The molecule has 0 aromatic heterocycles. The Hall–Kier alpha value is -0.670. The Morgan fingerprint density at radius 2 is 1.94 bits per heavy atom. The highest BCUT2D eigenvalue weighted by Crippen LogP contribution is 2.66. The summed E-state index contributed by atoms with van der Waals surface area (Å²) in [5.41, 5.74) is 2.18. The van der Waals surface area contributed by atoms with Gasteiger partial charge in [-0.3, -0.25) is 4.57 Å². The second-order valence-electron chi connectivity index (χ2n) is 4.24. The normalized spacial score (nSPS) is 23.1. The van der Waals surface area contributed by atoms with E-state index in [1.165, 1.54) is 0 Å². The zero-order valence-electron chi connectivity index (χ0n) is 11.0. The van der Waals surface area contributed by atoms with Crippen LogP contribution < -0.4 is 0 Å². The van der Waals surface area contributed by atoms with E-state index in [0.29, 0.717) is 13.2 Å². The summed E-state index contributed by atoms with van der Waals surface area (Å²) < 4.78 is 28.6. The van der Waals surface area contributed by atoms with Crippen molar-refractivity contribution in [1.29, 1.82) is 0 Å². The second kappa shape index (κ2) is 5.54. The van der Waals surface area contributed by atoms with Crippen molar-refractivity contribution in [3.05, 3.63) is 35.4 Å². The van der Waals surface area contributed by atoms with E-state index in [2.05, 4.69) is 0 Å². The average Bonchev–Trinajstić information content (AvgIpc) is 3.10. The maximum atomic E-state index is 12.5. The standard InChI is InChI=1S/C13H19O4P/c1-4-15-18(14,16-5-2)13-12(17-13)11-8-6-7-10(3)9-11/h6-9,12-13H,4-5H2,1-3H3/t12-,13-/m1/s1. The summed E-state index contributed by atoms with van der Waals surface area (Å²) in [6.07, 6.45) is -0.172. The van der Waals surface area contributed by atoms with Crippen LogP contribution in [0.4, 0.5) is 0 Å². The quantitative estimate of drug-likeness (QED) is 0.584. The van der Waals surface area contributed by atoms with Gasteiger partial charge >= 0.3 is 7.60 Å². The number of epoxide rings is 1. The Labute approximate surface area is 108 Å². The average molecular weight is 270 g/mol. The maximum Gasteiger partial charge on any atom is 0.362 e. The third-order valence-electron chi connectivity index (χ3n) is 2.77. The van der Waals surface area contributed by atoms with Gasteiger partial charge in [0.15, 0.2) is 5.85 Å². The van der Waals surface area contributed by atoms with Crippen LogP contribution in [0.15, 0.2) is 24.3 Å². The van der Waals surface area contributed by atoms with Crippen molar-refractivity contribution >= 4 is 7.60 Å². The molecule has 1 aliphatic heterocycles. The fraction of sp³-hybridized carbons (Fsp3) is 0.538. The molecule has 5 heteroatoms. The zero-order chi connectivity index (χ0) is 13.2. The Kier molecular flexibility index (Phi) is 4.23. The summed E-state index contributed by atoms with van der Waals surface area (Å²) in [6.45, 7) is 6.34. The van der Waals surface area contributed by atoms with Gasteiger partial charge in [0.05, 0.1) is 13.2 Å². The Morgan fingerprint density at radius 3 is 2.50 bits per heavy atom. The first-order valence-corrected chi connectivity index (χ1v) is 7.82. The third kappa shape index (κ3) is 2.83. The van der Waals surface area contributed by atoms with Crippen LogP contribution in [-0.4, -0.2) is 19.1 Å². The highest BCUT2D eigenvalue weighted by atomic mass is 31.2. The third-order valence-corrected chi connectivity index (χ3v) is 5.02. The zero-order valence-corrected chi connectivity index (χ0v) is 11.9. The van der Waals surface area contributed by atoms with E-state index in [-0.39, 0.29) is 6.10 Å². The molecule has 1 heterocycles. The van der Waals surface area contributed by atoms with Crippen molar-refractivity contribution in [3.8, 4) is 0 Å². The van der Waals surface area contributed by atoms with E-state index in [1.54, 1.807) is 13.8 Å². The van der Waals surface area contributed by atoms with Gasteiger partial charge in [-0.05, 0) is 26.3 Å². The molecule has 0 unspecified atom stereocenters. The van der Waals surface area contributed by atoms with Crippen molar-refractivity contribution < 1.29 is 18.3 Å². The smallest absolute Gasteiger partial charge is 0.351 e. The number of benzene rings is 1. The number of rotatable bonds is 6. The van der Waals surface area contributed by atoms with Gasteiger partial charge in [0.1, 0.15) is 6.10 Å². The van der Waals surface area contributed by atoms with Crippen LogP contribution in [0, 0.1) is 6.92 Å². The van der Waals surface area contributed by atoms with Gasteiger partial charge in [-0.2, -0.15) is 0 Å². The number of hydrogen-bond donors (Lipinski definition) is 0. The molecule has 0 spiro atoms. The van der Waals surface area contributed by atoms with Gasteiger partial charge in [-0.25, -0.2) is 0 Å². The van der Waals surface area contributed by atoms with E-state index >= 15 is 0 Å². The summed E-state index contributed by atoms with van der Waals surface area (Å²) in [4.78, 5) is 0. The van der Waals surface area contributed by atoms with E-state index in [4.69, 9.17) is 13.8 Å². The minimum Gasteiger partial charge on any atom is -0.351 e. The van der Waals surface area contributed by atoms with Gasteiger partial charge in [-0.15, -0.1) is 0 Å². The molecule has 1 fully saturated rings. The fourth-order valence-corrected chi connectivity index (χ4v) is 3.85. The summed E-state index contributed by atoms with van der Waals surface area (Å²) in [6, 6.07) is 7.99. The van der Waals surface area contributed by atoms with Gasteiger partial charge in [0.25, 0.3) is 0 Å². The van der Waals surface area contributed by atoms with Gasteiger partial charge in [0.2, 0.25) is 0 Å². The molecule has 1 aromatic rings. The number of aryl methyl sites for hydroxylation is 1. The van der Waals surface area contributed by atoms with Crippen molar-refractivity contribution in [2.24, 2.45) is 0 Å². The molecule has 100 valence electrons. The molecule has 0 saturated carbocycles. The minimum atomic E-state index is -3.14. The number of ether oxygens (including phenoxy) is 1. The fourth-order valence-electron chi connectivity index (χ4n) is 1.98. The molecule has 0 aliphatic carbocycles. The SMILES string of the molecule is CCOP(=O)(OCC)[C@H]1O[C@@H]1c1cccc(C)c1. The molecule has 0 amide bonds. The molecule has 0 bridgehead atoms. The van der Waals surface area contributed by atoms with Crippen molar-refractivity contribution in [1.82, 2.24) is 0 Å². The molecule has 2 rings (SSSR count). The highest BCUT2D eigenvalue weighted by Gasteiger charge is 2.55. The predicted octanol–water partition coefficient (Wildman–Crippen LogP) is 3.66. The lowest BCUT2D eigenvalue weighted by atomic mass is 10.1. The van der Waals surface area contributed by atoms with Gasteiger partial charge < -0.3 is 13.8 Å². The minimum absolute atomic E-state index is 0.172. The van der Waals surface area contributed by atoms with Crippen molar-refractivity contribution in [2.45, 2.75) is 32.7 Å². The summed E-state index contributed by atoms with van der Waals surface area (Å²) in [5.74, 6) is -0.459. The van der Waals surface area contributed by atoms with Crippen LogP contribution in [-0.2, 0) is 18.3 Å². The monoisotopic (exact) mass is 270 g/mol. The Morgan fingerprint density at radius 1 is 1.28 bits per heavy atom. The Balaban J connectivity index is 2.11. The predicted molar refractivity (Wildman–Crippen MR) is 69.7 cm³/mol. The van der Waals surface area contributed by atoms with Crippen LogP contribution >= 0.6 is 7.60 Å². The van der Waals surface area contributed by atoms with E-state index in [9.17, 15) is 4.57 Å². The summed E-state index contributed by atoms with van der Waals surface area (Å²) in [5, 5.41) is 0. The van der Waals surface area contributed by atoms with E-state index < -0.39 is 13.4 Å². The molecule has 1 aliphatic rings. The molecule has 4 nitrogen and oxygen atoms in total. The van der Waals surface area contributed by atoms with Crippen LogP contribution in [0.25, 0.3) is 0 Å². The molecule has 1 aromatic carbocycles. The lowest BCUT2D eigenvalue weighted by Gasteiger charge is -2.14. The molecular weight excluding hydrogens is 251 g/mol. The molecule has 18 heavy (non-hydrogen) atoms. The molecular formula is C13H19O4P. The first kappa shape index (κ1) is 13.8. The summed E-state index contributed by atoms with van der Waals surface area (Å²) >= 11 is 0. The first-order chi connectivity index (χ1) is 8.60. The molecule has 0 N–H and O–H groups in total. The Bertz CT molecular complexity index is 450. The molecule has 0 radical (unpaired) electrons. The van der Waals surface area contributed by atoms with Crippen LogP contribution in [0.2, 0.25) is 0 Å². The van der Waals surface area contributed by atoms with Crippen LogP contribution in [0.3, 0.4) is 0 Å². The van der Waals surface area contributed by atoms with Crippen molar-refractivity contribution in [2.75, 3.05) is 13.2 Å². The maximum absolute atomic E-state index is 12.5. The largest absolute Gasteiger partial charge is 0.362 e. The molecule has 1 saturated heterocycles. The highest BCUT2D eigenvalue weighted by molar-refractivity contribution is 7.54. The lowest BCUT2D eigenvalue weighted by Crippen LogP contribution is -2.02. The molecule has 2 atom stereocenters. The van der Waals surface area contributed by atoms with Gasteiger partial charge in [-0.1, -0.05) is 29.8 Å². The van der Waals surface area contributed by atoms with Gasteiger partial charge in [0, 0.05) is 0 Å².